The van der Waals surface area contributed by atoms with Gasteiger partial charge in [0.2, 0.25) is 0 Å². The summed E-state index contributed by atoms with van der Waals surface area (Å²) in [6, 6.07) is 7.89. The number of hydrogen-bond donors (Lipinski definition) is 1. The number of nitrogens with one attached hydrogen (secondary N) is 1. The fourth-order valence-corrected chi connectivity index (χ4v) is 4.74. The Morgan fingerprint density at radius 1 is 1.00 bits per heavy atom. The van der Waals surface area contributed by atoms with Crippen molar-refractivity contribution in [2.75, 3.05) is 50.8 Å². The molecule has 0 radical (unpaired) electrons. The molecule has 1 aromatic rings. The molecule has 1 unspecified atom stereocenters. The minimum Gasteiger partial charge on any atom is -0.466 e. The summed E-state index contributed by atoms with van der Waals surface area (Å²) in [7, 11) is 0. The molecule has 36 heavy (non-hydrogen) atoms. The van der Waals surface area contributed by atoms with E-state index in [1.165, 1.54) is 0 Å². The minimum absolute atomic E-state index is 0.155. The zero-order valence-electron chi connectivity index (χ0n) is 22.4. The number of ether oxygens (including phenoxy) is 2. The van der Waals surface area contributed by atoms with Gasteiger partial charge in [0.1, 0.15) is 5.60 Å². The predicted molar refractivity (Wildman–Crippen MR) is 139 cm³/mol. The smallest absolute Gasteiger partial charge is 0.410 e. The Kier molecular flexibility index (Phi) is 9.59. The molecule has 2 fully saturated rings. The Balaban J connectivity index is 1.42. The van der Waals surface area contributed by atoms with Crippen LogP contribution in [-0.2, 0) is 14.3 Å². The number of benzene rings is 1. The van der Waals surface area contributed by atoms with Gasteiger partial charge in [-0.25, -0.2) is 4.79 Å². The van der Waals surface area contributed by atoms with Gasteiger partial charge in [0.25, 0.3) is 5.91 Å². The molecular formula is C27H42N4O5. The highest BCUT2D eigenvalue weighted by Gasteiger charge is 2.30. The number of amides is 2. The van der Waals surface area contributed by atoms with Crippen molar-refractivity contribution in [2.45, 2.75) is 71.6 Å². The highest BCUT2D eigenvalue weighted by molar-refractivity contribution is 5.95. The molecule has 2 aliphatic rings. The van der Waals surface area contributed by atoms with E-state index in [4.69, 9.17) is 9.47 Å². The summed E-state index contributed by atoms with van der Waals surface area (Å²) in [5.41, 5.74) is 1.22. The normalized spacial score (nSPS) is 18.5. The predicted octanol–water partition coefficient (Wildman–Crippen LogP) is 3.28. The Morgan fingerprint density at radius 3 is 2.17 bits per heavy atom. The van der Waals surface area contributed by atoms with Crippen LogP contribution in [0.15, 0.2) is 24.3 Å². The van der Waals surface area contributed by atoms with E-state index in [0.29, 0.717) is 31.3 Å². The molecule has 0 saturated carbocycles. The van der Waals surface area contributed by atoms with Crippen molar-refractivity contribution in [3.05, 3.63) is 29.8 Å². The first kappa shape index (κ1) is 27.8. The van der Waals surface area contributed by atoms with Crippen molar-refractivity contribution < 1.29 is 23.9 Å². The number of carbonyl (C=O) groups excluding carboxylic acids is 3. The van der Waals surface area contributed by atoms with Crippen molar-refractivity contribution >= 4 is 23.7 Å². The maximum atomic E-state index is 12.5. The van der Waals surface area contributed by atoms with Gasteiger partial charge in [0.05, 0.1) is 13.0 Å². The van der Waals surface area contributed by atoms with Gasteiger partial charge in [-0.2, -0.15) is 0 Å². The first-order valence-electron chi connectivity index (χ1n) is 13.1. The third-order valence-corrected chi connectivity index (χ3v) is 6.60. The maximum Gasteiger partial charge on any atom is 0.410 e. The van der Waals surface area contributed by atoms with Gasteiger partial charge < -0.3 is 24.6 Å². The van der Waals surface area contributed by atoms with Crippen molar-refractivity contribution in [3.8, 4) is 0 Å². The standard InChI is InChI=1S/C27H42N4O5/c1-6-35-24(32)19-20(2)28-25(33)21-7-9-22(10-8-21)29-13-11-23(12-14-29)30-15-17-31(18-16-30)26(34)36-27(3,4)5/h7-10,20,23H,6,11-19H2,1-5H3,(H,28,33). The number of anilines is 1. The van der Waals surface area contributed by atoms with E-state index in [0.717, 1.165) is 44.7 Å². The van der Waals surface area contributed by atoms with Crippen molar-refractivity contribution in [1.29, 1.82) is 0 Å². The van der Waals surface area contributed by atoms with Crippen LogP contribution >= 0.6 is 0 Å². The van der Waals surface area contributed by atoms with Crippen molar-refractivity contribution in [2.24, 2.45) is 0 Å². The fourth-order valence-electron chi connectivity index (χ4n) is 4.74. The van der Waals surface area contributed by atoms with E-state index in [-0.39, 0.29) is 30.4 Å². The average Bonchev–Trinajstić information content (AvgIpc) is 2.83. The number of piperazine rings is 1. The van der Waals surface area contributed by atoms with Crippen LogP contribution in [0.3, 0.4) is 0 Å². The van der Waals surface area contributed by atoms with Crippen LogP contribution in [0.1, 0.15) is 64.2 Å². The number of rotatable bonds is 7. The van der Waals surface area contributed by atoms with E-state index >= 15 is 0 Å². The third-order valence-electron chi connectivity index (χ3n) is 6.60. The zero-order valence-corrected chi connectivity index (χ0v) is 22.4. The summed E-state index contributed by atoms with van der Waals surface area (Å²) in [6.07, 6.45) is 2.07. The highest BCUT2D eigenvalue weighted by atomic mass is 16.6. The van der Waals surface area contributed by atoms with Gasteiger partial charge in [-0.15, -0.1) is 0 Å². The van der Waals surface area contributed by atoms with E-state index in [1.807, 2.05) is 49.9 Å². The van der Waals surface area contributed by atoms with Gasteiger partial charge in [-0.05, 0) is 71.7 Å². The molecular weight excluding hydrogens is 460 g/mol. The summed E-state index contributed by atoms with van der Waals surface area (Å²) in [4.78, 5) is 43.1. The van der Waals surface area contributed by atoms with Crippen LogP contribution in [0.4, 0.5) is 10.5 Å². The Bertz CT molecular complexity index is 882. The largest absolute Gasteiger partial charge is 0.466 e. The topological polar surface area (TPSA) is 91.4 Å². The van der Waals surface area contributed by atoms with Crippen LogP contribution < -0.4 is 10.2 Å². The number of hydrogen-bond acceptors (Lipinski definition) is 7. The Morgan fingerprint density at radius 2 is 1.61 bits per heavy atom. The molecule has 9 nitrogen and oxygen atoms in total. The third kappa shape index (κ3) is 8.11. The first-order chi connectivity index (χ1) is 17.1. The number of esters is 1. The summed E-state index contributed by atoms with van der Waals surface area (Å²) < 4.78 is 10.4. The maximum absolute atomic E-state index is 12.5. The molecule has 0 aromatic heterocycles. The van der Waals surface area contributed by atoms with Crippen molar-refractivity contribution in [1.82, 2.24) is 15.1 Å². The zero-order chi connectivity index (χ0) is 26.3. The second-order valence-electron chi connectivity index (χ2n) is 10.7. The van der Waals surface area contributed by atoms with Gasteiger partial charge in [-0.3, -0.25) is 14.5 Å². The lowest BCUT2D eigenvalue weighted by Gasteiger charge is -2.43. The van der Waals surface area contributed by atoms with Gasteiger partial charge in [-0.1, -0.05) is 0 Å². The molecule has 2 heterocycles. The molecule has 1 N–H and O–H groups in total. The minimum atomic E-state index is -0.467. The first-order valence-corrected chi connectivity index (χ1v) is 13.1. The highest BCUT2D eigenvalue weighted by Crippen LogP contribution is 2.24. The van der Waals surface area contributed by atoms with Gasteiger partial charge in [0, 0.05) is 62.6 Å². The Hall–Kier alpha value is -2.81. The molecule has 1 atom stereocenters. The van der Waals surface area contributed by atoms with Crippen LogP contribution in [0.2, 0.25) is 0 Å². The SMILES string of the molecule is CCOC(=O)CC(C)NC(=O)c1ccc(N2CCC(N3CCN(C(=O)OC(C)(C)C)CC3)CC2)cc1. The van der Waals surface area contributed by atoms with E-state index < -0.39 is 5.60 Å². The second-order valence-corrected chi connectivity index (χ2v) is 10.7. The average molecular weight is 503 g/mol. The molecule has 0 bridgehead atoms. The molecule has 1 aromatic carbocycles. The molecule has 0 aliphatic carbocycles. The summed E-state index contributed by atoms with van der Waals surface area (Å²) >= 11 is 0. The Labute approximate surface area is 215 Å². The lowest BCUT2D eigenvalue weighted by molar-refractivity contribution is -0.143. The number of carbonyl (C=O) groups is 3. The van der Waals surface area contributed by atoms with E-state index in [9.17, 15) is 14.4 Å². The molecule has 2 aliphatic heterocycles. The molecule has 200 valence electrons. The number of piperidine rings is 1. The quantitative estimate of drug-likeness (QED) is 0.572. The van der Waals surface area contributed by atoms with E-state index in [2.05, 4.69) is 15.1 Å². The molecule has 2 amide bonds. The number of nitrogens with zero attached hydrogens (tertiary/aromatic N) is 3. The summed E-state index contributed by atoms with van der Waals surface area (Å²) in [6.45, 7) is 14.7. The van der Waals surface area contributed by atoms with Crippen LogP contribution in [-0.4, -0.2) is 91.3 Å². The van der Waals surface area contributed by atoms with E-state index in [1.54, 1.807) is 13.8 Å². The molecule has 2 saturated heterocycles. The van der Waals surface area contributed by atoms with Gasteiger partial charge >= 0.3 is 12.1 Å². The molecule has 0 spiro atoms. The van der Waals surface area contributed by atoms with Crippen LogP contribution in [0.25, 0.3) is 0 Å². The summed E-state index contributed by atoms with van der Waals surface area (Å²) in [5, 5.41) is 2.86. The van der Waals surface area contributed by atoms with Gasteiger partial charge in [0.15, 0.2) is 0 Å². The molecule has 3 rings (SSSR count). The fraction of sp³-hybridized carbons (Fsp3) is 0.667. The summed E-state index contributed by atoms with van der Waals surface area (Å²) in [5.74, 6) is -0.503. The van der Waals surface area contributed by atoms with Crippen LogP contribution in [0.5, 0.6) is 0 Å². The molecule has 9 heteroatoms. The van der Waals surface area contributed by atoms with Crippen LogP contribution in [0, 0.1) is 0 Å². The second kappa shape index (κ2) is 12.4. The lowest BCUT2D eigenvalue weighted by atomic mass is 10.0. The lowest BCUT2D eigenvalue weighted by Crippen LogP contribution is -2.55. The van der Waals surface area contributed by atoms with Crippen molar-refractivity contribution in [3.63, 3.8) is 0 Å². The monoisotopic (exact) mass is 502 g/mol.